The molecule has 2 amide bonds. The van der Waals surface area contributed by atoms with Crippen LogP contribution in [0.15, 0.2) is 36.4 Å². The maximum absolute atomic E-state index is 12.4. The van der Waals surface area contributed by atoms with E-state index >= 15 is 0 Å². The van der Waals surface area contributed by atoms with Gasteiger partial charge >= 0.3 is 0 Å². The average molecular weight is 341 g/mol. The minimum Gasteiger partial charge on any atom is -0.487 e. The summed E-state index contributed by atoms with van der Waals surface area (Å²) in [5.74, 6) is -0.121. The van der Waals surface area contributed by atoms with Gasteiger partial charge in [0, 0.05) is 27.4 Å². The second kappa shape index (κ2) is 5.39. The summed E-state index contributed by atoms with van der Waals surface area (Å²) >= 11 is 6.07. The number of halogens is 1. The van der Waals surface area contributed by atoms with E-state index in [2.05, 4.69) is 5.32 Å². The maximum atomic E-state index is 12.4. The third kappa shape index (κ3) is 2.34. The van der Waals surface area contributed by atoms with Gasteiger partial charge in [-0.1, -0.05) is 23.7 Å². The lowest BCUT2D eigenvalue weighted by Gasteiger charge is -2.06. The van der Waals surface area contributed by atoms with Gasteiger partial charge in [-0.3, -0.25) is 9.59 Å². The Morgan fingerprint density at radius 3 is 2.83 bits per heavy atom. The van der Waals surface area contributed by atoms with Crippen molar-refractivity contribution in [2.45, 2.75) is 13.0 Å². The molecule has 0 radical (unpaired) electrons. The standard InChI is InChI=1S/C18H13ClN2O3/c19-11-3-4-14-13(7-11)16(18(23)21-14)17-12-5-9(6-15(20)22)1-2-10(12)8-24-17/h1-5,7H,6,8H2,(H2,20,22)(H,21,23). The second-order valence-electron chi connectivity index (χ2n) is 5.77. The van der Waals surface area contributed by atoms with Gasteiger partial charge in [-0.2, -0.15) is 0 Å². The summed E-state index contributed by atoms with van der Waals surface area (Å²) < 4.78 is 5.79. The van der Waals surface area contributed by atoms with Crippen molar-refractivity contribution < 1.29 is 14.3 Å². The minimum absolute atomic E-state index is 0.143. The van der Waals surface area contributed by atoms with Crippen molar-refractivity contribution in [2.75, 3.05) is 5.32 Å². The van der Waals surface area contributed by atoms with E-state index in [1.807, 2.05) is 18.2 Å². The van der Waals surface area contributed by atoms with E-state index in [4.69, 9.17) is 22.1 Å². The summed E-state index contributed by atoms with van der Waals surface area (Å²) in [7, 11) is 0. The summed E-state index contributed by atoms with van der Waals surface area (Å²) in [5, 5.41) is 3.37. The van der Waals surface area contributed by atoms with Crippen molar-refractivity contribution in [3.05, 3.63) is 63.7 Å². The van der Waals surface area contributed by atoms with Gasteiger partial charge in [-0.25, -0.2) is 0 Å². The largest absolute Gasteiger partial charge is 0.487 e. The van der Waals surface area contributed by atoms with E-state index in [-0.39, 0.29) is 12.3 Å². The normalized spacial score (nSPS) is 18.0. The molecule has 120 valence electrons. The predicted octanol–water partition coefficient (Wildman–Crippen LogP) is 2.72. The molecule has 3 N–H and O–H groups in total. The van der Waals surface area contributed by atoms with Crippen LogP contribution in [0.5, 0.6) is 0 Å². The van der Waals surface area contributed by atoms with Crippen LogP contribution in [-0.2, 0) is 27.4 Å². The molecule has 4 rings (SSSR count). The Bertz CT molecular complexity index is 934. The number of anilines is 1. The highest BCUT2D eigenvalue weighted by Crippen LogP contribution is 2.42. The molecule has 2 aromatic rings. The Morgan fingerprint density at radius 2 is 2.04 bits per heavy atom. The van der Waals surface area contributed by atoms with Gasteiger partial charge < -0.3 is 15.8 Å². The Balaban J connectivity index is 1.88. The van der Waals surface area contributed by atoms with Gasteiger partial charge in [-0.05, 0) is 29.8 Å². The Hall–Kier alpha value is -2.79. The van der Waals surface area contributed by atoms with E-state index in [9.17, 15) is 9.59 Å². The molecule has 0 atom stereocenters. The molecule has 24 heavy (non-hydrogen) atoms. The van der Waals surface area contributed by atoms with Crippen LogP contribution in [0.3, 0.4) is 0 Å². The molecule has 0 unspecified atom stereocenters. The summed E-state index contributed by atoms with van der Waals surface area (Å²) in [6, 6.07) is 10.8. The number of carbonyl (C=O) groups is 2. The van der Waals surface area contributed by atoms with Crippen LogP contribution in [0.2, 0.25) is 5.02 Å². The first-order chi connectivity index (χ1) is 11.5. The van der Waals surface area contributed by atoms with Crippen molar-refractivity contribution >= 4 is 40.4 Å². The number of hydrogen-bond donors (Lipinski definition) is 2. The van der Waals surface area contributed by atoms with Crippen LogP contribution in [-0.4, -0.2) is 11.8 Å². The van der Waals surface area contributed by atoms with E-state index in [0.717, 1.165) is 22.3 Å². The van der Waals surface area contributed by atoms with Crippen LogP contribution in [0.1, 0.15) is 22.3 Å². The fourth-order valence-corrected chi connectivity index (χ4v) is 3.24. The fraction of sp³-hybridized carbons (Fsp3) is 0.111. The lowest BCUT2D eigenvalue weighted by atomic mass is 9.98. The molecule has 5 nitrogen and oxygen atoms in total. The quantitative estimate of drug-likeness (QED) is 0.825. The molecule has 2 heterocycles. The zero-order valence-electron chi connectivity index (χ0n) is 12.6. The smallest absolute Gasteiger partial charge is 0.260 e. The Labute approximate surface area is 143 Å². The number of nitrogens with one attached hydrogen (secondary N) is 1. The number of nitrogens with two attached hydrogens (primary N) is 1. The van der Waals surface area contributed by atoms with E-state index in [0.29, 0.717) is 28.6 Å². The number of rotatable bonds is 2. The van der Waals surface area contributed by atoms with Crippen molar-refractivity contribution in [1.82, 2.24) is 0 Å². The van der Waals surface area contributed by atoms with Crippen molar-refractivity contribution in [3.63, 3.8) is 0 Å². The molecule has 0 saturated heterocycles. The molecule has 0 aromatic heterocycles. The third-order valence-electron chi connectivity index (χ3n) is 4.12. The first-order valence-corrected chi connectivity index (χ1v) is 7.79. The van der Waals surface area contributed by atoms with Gasteiger partial charge in [0.1, 0.15) is 12.4 Å². The maximum Gasteiger partial charge on any atom is 0.260 e. The lowest BCUT2D eigenvalue weighted by molar-refractivity contribution is -0.117. The van der Waals surface area contributed by atoms with E-state index < -0.39 is 5.91 Å². The Morgan fingerprint density at radius 1 is 1.21 bits per heavy atom. The summed E-state index contributed by atoms with van der Waals surface area (Å²) in [6.07, 6.45) is 0.143. The first kappa shape index (κ1) is 14.8. The first-order valence-electron chi connectivity index (χ1n) is 7.42. The lowest BCUT2D eigenvalue weighted by Crippen LogP contribution is -2.13. The molecule has 6 heteroatoms. The molecule has 0 fully saturated rings. The number of benzene rings is 2. The molecular weight excluding hydrogens is 328 g/mol. The minimum atomic E-state index is -0.404. The van der Waals surface area contributed by atoms with Crippen molar-refractivity contribution in [2.24, 2.45) is 5.73 Å². The molecule has 2 aliphatic rings. The molecular formula is C18H13ClN2O3. The molecule has 0 spiro atoms. The molecule has 0 saturated carbocycles. The highest BCUT2D eigenvalue weighted by molar-refractivity contribution is 6.38. The average Bonchev–Trinajstić information content (AvgIpc) is 3.06. The summed E-state index contributed by atoms with van der Waals surface area (Å²) in [5.41, 5.74) is 9.72. The molecule has 0 aliphatic carbocycles. The molecule has 0 bridgehead atoms. The van der Waals surface area contributed by atoms with Crippen LogP contribution in [0.4, 0.5) is 5.69 Å². The number of primary amides is 1. The molecule has 2 aromatic carbocycles. The molecule has 2 aliphatic heterocycles. The summed E-state index contributed by atoms with van der Waals surface area (Å²) in [6.45, 7) is 0.383. The number of ether oxygens (including phenoxy) is 1. The highest BCUT2D eigenvalue weighted by Gasteiger charge is 2.32. The fourth-order valence-electron chi connectivity index (χ4n) is 3.07. The topological polar surface area (TPSA) is 81.4 Å². The number of carbonyl (C=O) groups excluding carboxylic acids is 2. The predicted molar refractivity (Wildman–Crippen MR) is 91.0 cm³/mol. The Kier molecular flexibility index (Phi) is 3.32. The van der Waals surface area contributed by atoms with Crippen LogP contribution < -0.4 is 11.1 Å². The number of amides is 2. The monoisotopic (exact) mass is 340 g/mol. The van der Waals surface area contributed by atoms with Crippen molar-refractivity contribution in [3.8, 4) is 0 Å². The summed E-state index contributed by atoms with van der Waals surface area (Å²) in [4.78, 5) is 23.6. The highest BCUT2D eigenvalue weighted by atomic mass is 35.5. The zero-order chi connectivity index (χ0) is 16.8. The van der Waals surface area contributed by atoms with Crippen LogP contribution >= 0.6 is 11.6 Å². The van der Waals surface area contributed by atoms with Gasteiger partial charge in [-0.15, -0.1) is 0 Å². The number of fused-ring (bicyclic) bond motifs is 2. The van der Waals surface area contributed by atoms with Crippen molar-refractivity contribution in [1.29, 1.82) is 0 Å². The third-order valence-corrected chi connectivity index (χ3v) is 4.36. The zero-order valence-corrected chi connectivity index (χ0v) is 13.3. The van der Waals surface area contributed by atoms with Gasteiger partial charge in [0.05, 0.1) is 12.0 Å². The van der Waals surface area contributed by atoms with Gasteiger partial charge in [0.25, 0.3) is 5.91 Å². The number of hydrogen-bond acceptors (Lipinski definition) is 3. The van der Waals surface area contributed by atoms with Gasteiger partial charge in [0.15, 0.2) is 0 Å². The second-order valence-corrected chi connectivity index (χ2v) is 6.21. The van der Waals surface area contributed by atoms with E-state index in [1.165, 1.54) is 0 Å². The van der Waals surface area contributed by atoms with Crippen LogP contribution in [0.25, 0.3) is 11.3 Å². The van der Waals surface area contributed by atoms with E-state index in [1.54, 1.807) is 18.2 Å². The SMILES string of the molecule is NC(=O)Cc1ccc2c(c1)C(=C1C(=O)Nc3ccc(Cl)cc31)OC2. The van der Waals surface area contributed by atoms with Gasteiger partial charge in [0.2, 0.25) is 5.91 Å². The van der Waals surface area contributed by atoms with Crippen LogP contribution in [0, 0.1) is 0 Å².